The molecule has 0 bridgehead atoms. The summed E-state index contributed by atoms with van der Waals surface area (Å²) in [6, 6.07) is 6.76. The molecule has 1 aliphatic heterocycles. The van der Waals surface area contributed by atoms with E-state index in [0.717, 1.165) is 25.8 Å². The Labute approximate surface area is 162 Å². The lowest BCUT2D eigenvalue weighted by molar-refractivity contribution is 0.0666. The first-order chi connectivity index (χ1) is 12.8. The summed E-state index contributed by atoms with van der Waals surface area (Å²) in [5.74, 6) is 0.270. The van der Waals surface area contributed by atoms with Crippen LogP contribution in [-0.4, -0.2) is 68.8 Å². The number of carbonyl (C=O) groups is 1. The average molecular weight is 395 g/mol. The van der Waals surface area contributed by atoms with Gasteiger partial charge in [-0.15, -0.1) is 0 Å². The van der Waals surface area contributed by atoms with Crippen molar-refractivity contribution in [2.45, 2.75) is 50.1 Å². The Hall–Kier alpha value is -1.28. The molecule has 0 radical (unpaired) electrons. The number of hydrogen-bond acceptors (Lipinski definition) is 5. The molecular formula is C20H30N2O4S. The van der Waals surface area contributed by atoms with Crippen LogP contribution in [0.25, 0.3) is 0 Å². The lowest BCUT2D eigenvalue weighted by Crippen LogP contribution is -2.58. The van der Waals surface area contributed by atoms with E-state index in [1.165, 1.54) is 0 Å². The molecular weight excluding hydrogens is 364 g/mol. The fourth-order valence-electron chi connectivity index (χ4n) is 3.86. The number of piperazine rings is 1. The van der Waals surface area contributed by atoms with E-state index in [9.17, 15) is 13.2 Å². The SMILES string of the molecule is COCCCN1C(C)CN(S(=O)(=O)c2ccc(C(=O)C3CC3)cc2)CC1C. The number of nitrogens with zero attached hydrogens (tertiary/aromatic N) is 2. The number of ether oxygens (including phenoxy) is 1. The highest BCUT2D eigenvalue weighted by Crippen LogP contribution is 2.33. The molecule has 2 atom stereocenters. The smallest absolute Gasteiger partial charge is 0.243 e. The van der Waals surface area contributed by atoms with Gasteiger partial charge in [0.2, 0.25) is 10.0 Å². The van der Waals surface area contributed by atoms with Gasteiger partial charge in [0.1, 0.15) is 0 Å². The molecule has 150 valence electrons. The Balaban J connectivity index is 1.68. The molecule has 6 nitrogen and oxygen atoms in total. The third kappa shape index (κ3) is 4.59. The van der Waals surface area contributed by atoms with Gasteiger partial charge in [0, 0.05) is 56.9 Å². The molecule has 3 rings (SSSR count). The number of methoxy groups -OCH3 is 1. The number of rotatable bonds is 8. The zero-order chi connectivity index (χ0) is 19.6. The molecule has 1 saturated heterocycles. The van der Waals surface area contributed by atoms with Crippen LogP contribution in [0, 0.1) is 5.92 Å². The summed E-state index contributed by atoms with van der Waals surface area (Å²) >= 11 is 0. The first-order valence-corrected chi connectivity index (χ1v) is 11.2. The Morgan fingerprint density at radius 1 is 1.11 bits per heavy atom. The van der Waals surface area contributed by atoms with Crippen molar-refractivity contribution < 1.29 is 17.9 Å². The number of sulfonamides is 1. The average Bonchev–Trinajstić information content (AvgIpc) is 3.48. The lowest BCUT2D eigenvalue weighted by atomic mass is 10.1. The summed E-state index contributed by atoms with van der Waals surface area (Å²) in [5, 5.41) is 0. The highest BCUT2D eigenvalue weighted by atomic mass is 32.2. The van der Waals surface area contributed by atoms with Gasteiger partial charge in [-0.05, 0) is 45.2 Å². The van der Waals surface area contributed by atoms with Crippen molar-refractivity contribution in [3.8, 4) is 0 Å². The van der Waals surface area contributed by atoms with Crippen LogP contribution in [0.15, 0.2) is 29.2 Å². The molecule has 1 heterocycles. The molecule has 7 heteroatoms. The normalized spacial score (nSPS) is 24.9. The highest BCUT2D eigenvalue weighted by molar-refractivity contribution is 7.89. The van der Waals surface area contributed by atoms with Crippen LogP contribution in [-0.2, 0) is 14.8 Å². The fraction of sp³-hybridized carbons (Fsp3) is 0.650. The van der Waals surface area contributed by atoms with E-state index >= 15 is 0 Å². The van der Waals surface area contributed by atoms with E-state index in [-0.39, 0.29) is 28.7 Å². The van der Waals surface area contributed by atoms with Gasteiger partial charge in [-0.25, -0.2) is 8.42 Å². The zero-order valence-corrected chi connectivity index (χ0v) is 17.2. The second kappa shape index (κ2) is 8.39. The second-order valence-corrected chi connectivity index (χ2v) is 9.71. The number of ketones is 1. The van der Waals surface area contributed by atoms with Crippen molar-refractivity contribution >= 4 is 15.8 Å². The Kier molecular flexibility index (Phi) is 6.35. The van der Waals surface area contributed by atoms with E-state index in [4.69, 9.17) is 4.74 Å². The first kappa shape index (κ1) is 20.5. The van der Waals surface area contributed by atoms with Crippen molar-refractivity contribution in [1.82, 2.24) is 9.21 Å². The Morgan fingerprint density at radius 3 is 2.22 bits per heavy atom. The highest BCUT2D eigenvalue weighted by Gasteiger charge is 2.36. The largest absolute Gasteiger partial charge is 0.385 e. The van der Waals surface area contributed by atoms with Crippen molar-refractivity contribution in [3.63, 3.8) is 0 Å². The maximum Gasteiger partial charge on any atom is 0.243 e. The number of hydrogen-bond donors (Lipinski definition) is 0. The molecule has 0 N–H and O–H groups in total. The van der Waals surface area contributed by atoms with Crippen LogP contribution in [0.5, 0.6) is 0 Å². The lowest BCUT2D eigenvalue weighted by Gasteiger charge is -2.43. The van der Waals surface area contributed by atoms with E-state index < -0.39 is 10.0 Å². The molecule has 1 aromatic rings. The van der Waals surface area contributed by atoms with E-state index in [1.54, 1.807) is 35.7 Å². The molecule has 1 aliphatic carbocycles. The third-order valence-corrected chi connectivity index (χ3v) is 7.40. The fourth-order valence-corrected chi connectivity index (χ4v) is 5.46. The molecule has 2 unspecified atom stereocenters. The Bertz CT molecular complexity index is 747. The van der Waals surface area contributed by atoms with E-state index in [1.807, 2.05) is 0 Å². The van der Waals surface area contributed by atoms with Gasteiger partial charge in [0.05, 0.1) is 4.90 Å². The summed E-state index contributed by atoms with van der Waals surface area (Å²) in [4.78, 5) is 14.7. The van der Waals surface area contributed by atoms with Gasteiger partial charge < -0.3 is 4.74 Å². The summed E-state index contributed by atoms with van der Waals surface area (Å²) in [7, 11) is -1.86. The monoisotopic (exact) mass is 394 g/mol. The van der Waals surface area contributed by atoms with Crippen LogP contribution in [0.4, 0.5) is 0 Å². The molecule has 27 heavy (non-hydrogen) atoms. The number of benzene rings is 1. The van der Waals surface area contributed by atoms with Gasteiger partial charge in [-0.1, -0.05) is 12.1 Å². The molecule has 1 aromatic carbocycles. The van der Waals surface area contributed by atoms with Crippen molar-refractivity contribution in [2.24, 2.45) is 5.92 Å². The topological polar surface area (TPSA) is 66.9 Å². The van der Waals surface area contributed by atoms with E-state index in [2.05, 4.69) is 18.7 Å². The van der Waals surface area contributed by atoms with E-state index in [0.29, 0.717) is 25.3 Å². The van der Waals surface area contributed by atoms with Crippen molar-refractivity contribution in [1.29, 1.82) is 0 Å². The van der Waals surface area contributed by atoms with Gasteiger partial charge in [-0.2, -0.15) is 4.31 Å². The molecule has 0 spiro atoms. The summed E-state index contributed by atoms with van der Waals surface area (Å²) < 4.78 is 32.9. The van der Waals surface area contributed by atoms with Crippen LogP contribution in [0.2, 0.25) is 0 Å². The van der Waals surface area contributed by atoms with Crippen LogP contribution in [0.1, 0.15) is 43.5 Å². The third-order valence-electron chi connectivity index (χ3n) is 5.56. The number of carbonyl (C=O) groups excluding carboxylic acids is 1. The minimum absolute atomic E-state index is 0.130. The van der Waals surface area contributed by atoms with Crippen molar-refractivity contribution in [3.05, 3.63) is 29.8 Å². The maximum atomic E-state index is 13.1. The molecule has 0 aromatic heterocycles. The quantitative estimate of drug-likeness (QED) is 0.500. The minimum Gasteiger partial charge on any atom is -0.385 e. The van der Waals surface area contributed by atoms with Gasteiger partial charge in [0.25, 0.3) is 0 Å². The summed E-state index contributed by atoms with van der Waals surface area (Å²) in [6.07, 6.45) is 2.83. The van der Waals surface area contributed by atoms with Crippen LogP contribution < -0.4 is 0 Å². The molecule has 2 fully saturated rings. The first-order valence-electron chi connectivity index (χ1n) is 9.73. The number of Topliss-reactive ketones (excluding diaryl/α,β-unsaturated/α-hetero) is 1. The second-order valence-electron chi connectivity index (χ2n) is 7.77. The van der Waals surface area contributed by atoms with Crippen LogP contribution >= 0.6 is 0 Å². The van der Waals surface area contributed by atoms with Crippen LogP contribution in [0.3, 0.4) is 0 Å². The summed E-state index contributed by atoms with van der Waals surface area (Å²) in [6.45, 7) is 6.71. The Morgan fingerprint density at radius 2 is 1.70 bits per heavy atom. The van der Waals surface area contributed by atoms with Gasteiger partial charge in [0.15, 0.2) is 5.78 Å². The minimum atomic E-state index is -3.55. The molecule has 2 aliphatic rings. The zero-order valence-electron chi connectivity index (χ0n) is 16.4. The molecule has 0 amide bonds. The summed E-state index contributed by atoms with van der Waals surface area (Å²) in [5.41, 5.74) is 0.612. The maximum absolute atomic E-state index is 13.1. The predicted octanol–water partition coefficient (Wildman–Crippen LogP) is 2.40. The predicted molar refractivity (Wildman–Crippen MR) is 104 cm³/mol. The standard InChI is InChI=1S/C20H30N2O4S/c1-15-13-21(14-16(2)22(15)11-4-12-26-3)27(24,25)19-9-7-18(8-10-19)20(23)17-5-6-17/h7-10,15-17H,4-6,11-14H2,1-3H3. The van der Waals surface area contributed by atoms with Gasteiger partial charge in [-0.3, -0.25) is 9.69 Å². The van der Waals surface area contributed by atoms with Gasteiger partial charge >= 0.3 is 0 Å². The van der Waals surface area contributed by atoms with Crippen molar-refractivity contribution in [2.75, 3.05) is 33.4 Å². The molecule has 1 saturated carbocycles.